The summed E-state index contributed by atoms with van der Waals surface area (Å²) in [7, 11) is 0. The zero-order chi connectivity index (χ0) is 4.12. The molecule has 5 heavy (non-hydrogen) atoms. The molecular weight excluding hydrogens is 70.0 g/mol. The van der Waals surface area contributed by atoms with Gasteiger partial charge in [0.2, 0.25) is 0 Å². The molecule has 0 amide bonds. The first-order chi connectivity index (χ1) is 2.41. The molecule has 0 aliphatic carbocycles. The summed E-state index contributed by atoms with van der Waals surface area (Å²) in [6.45, 7) is 0. The second-order valence-electron chi connectivity index (χ2n) is 0.401. The minimum absolute atomic E-state index is 0.389. The maximum absolute atomic E-state index is 9.10. The van der Waals surface area contributed by atoms with Crippen molar-refractivity contribution in [3.63, 3.8) is 0 Å². The molecule has 0 heterocycles. The van der Waals surface area contributed by atoms with Crippen LogP contribution in [0, 0.1) is 0 Å². The molecule has 0 aromatic heterocycles. The van der Waals surface area contributed by atoms with Crippen LogP contribution in [0.15, 0.2) is 5.16 Å². The maximum atomic E-state index is 9.10. The smallest absolute Gasteiger partial charge is 0.164 e. The van der Waals surface area contributed by atoms with Crippen LogP contribution in [0.25, 0.3) is 0 Å². The second-order valence-corrected chi connectivity index (χ2v) is 0.401. The SMILES string of the molecule is O=C/C=N\O. The lowest BCUT2D eigenvalue weighted by Gasteiger charge is -1.54. The monoisotopic (exact) mass is 73.0 g/mol. The van der Waals surface area contributed by atoms with Crippen molar-refractivity contribution in [3.05, 3.63) is 0 Å². The Kier molecular flexibility index (Phi) is 2.60. The lowest BCUT2D eigenvalue weighted by molar-refractivity contribution is -0.102. The highest BCUT2D eigenvalue weighted by Crippen LogP contribution is 1.36. The van der Waals surface area contributed by atoms with Gasteiger partial charge in [0.25, 0.3) is 0 Å². The second kappa shape index (κ2) is 3.14. The highest BCUT2D eigenvalue weighted by atomic mass is 16.4. The fraction of sp³-hybridized carbons (Fsp3) is 0. The van der Waals surface area contributed by atoms with Crippen molar-refractivity contribution in [1.82, 2.24) is 0 Å². The van der Waals surface area contributed by atoms with Gasteiger partial charge in [0.05, 0.1) is 0 Å². The van der Waals surface area contributed by atoms with E-state index in [-0.39, 0.29) is 0 Å². The van der Waals surface area contributed by atoms with E-state index >= 15 is 0 Å². The number of hydrogen-bond donors (Lipinski definition) is 1. The molecule has 28 valence electrons. The average molecular weight is 73.1 g/mol. The van der Waals surface area contributed by atoms with Crippen LogP contribution in [0.1, 0.15) is 0 Å². The fourth-order valence-corrected chi connectivity index (χ4v) is 0.0272. The first-order valence-corrected chi connectivity index (χ1v) is 1.03. The summed E-state index contributed by atoms with van der Waals surface area (Å²) in [6.07, 6.45) is 1.14. The molecule has 0 atom stereocenters. The van der Waals surface area contributed by atoms with Gasteiger partial charge in [-0.2, -0.15) is 0 Å². The minimum Gasteiger partial charge on any atom is -0.411 e. The molecule has 0 aromatic rings. The first kappa shape index (κ1) is 4.14. The van der Waals surface area contributed by atoms with Crippen LogP contribution >= 0.6 is 0 Å². The Balaban J connectivity index is 2.92. The van der Waals surface area contributed by atoms with Crippen LogP contribution in [0.2, 0.25) is 0 Å². The molecule has 0 spiro atoms. The Bertz CT molecular complexity index is 49.6. The van der Waals surface area contributed by atoms with E-state index in [2.05, 4.69) is 5.16 Å². The Morgan fingerprint density at radius 1 is 1.80 bits per heavy atom. The van der Waals surface area contributed by atoms with Gasteiger partial charge in [-0.3, -0.25) is 4.79 Å². The molecule has 0 rings (SSSR count). The molecule has 3 nitrogen and oxygen atoms in total. The highest BCUT2D eigenvalue weighted by molar-refractivity contribution is 6.12. The standard InChI is InChI=1S/C2H3NO2/c4-2-1-3-5/h1-2,5H/b3-1-. The van der Waals surface area contributed by atoms with Crippen LogP contribution in [0.4, 0.5) is 0 Å². The number of carbonyl (C=O) groups is 1. The van der Waals surface area contributed by atoms with Crippen LogP contribution < -0.4 is 0 Å². The summed E-state index contributed by atoms with van der Waals surface area (Å²) in [4.78, 5) is 9.10. The van der Waals surface area contributed by atoms with E-state index in [1.165, 1.54) is 0 Å². The molecular formula is C2H3NO2. The third-order valence-electron chi connectivity index (χ3n) is 0.128. The number of carbonyl (C=O) groups excluding carboxylic acids is 1. The van der Waals surface area contributed by atoms with Gasteiger partial charge in [-0.15, -0.1) is 0 Å². The molecule has 0 unspecified atom stereocenters. The Morgan fingerprint density at radius 3 is 2.40 bits per heavy atom. The van der Waals surface area contributed by atoms with Crippen LogP contribution in [0.3, 0.4) is 0 Å². The van der Waals surface area contributed by atoms with Crippen LogP contribution in [0.5, 0.6) is 0 Å². The van der Waals surface area contributed by atoms with Crippen molar-refractivity contribution < 1.29 is 10.0 Å². The van der Waals surface area contributed by atoms with E-state index < -0.39 is 0 Å². The van der Waals surface area contributed by atoms with Crippen molar-refractivity contribution in [3.8, 4) is 0 Å². The predicted molar refractivity (Wildman–Crippen MR) is 16.3 cm³/mol. The van der Waals surface area contributed by atoms with Crippen molar-refractivity contribution in [2.75, 3.05) is 0 Å². The lowest BCUT2D eigenvalue weighted by Crippen LogP contribution is -1.67. The molecule has 0 saturated carbocycles. The summed E-state index contributed by atoms with van der Waals surface area (Å²) in [5.74, 6) is 0. The van der Waals surface area contributed by atoms with Crippen molar-refractivity contribution in [2.24, 2.45) is 5.16 Å². The summed E-state index contributed by atoms with van der Waals surface area (Å²) < 4.78 is 0. The number of hydrogen-bond acceptors (Lipinski definition) is 3. The zero-order valence-corrected chi connectivity index (χ0v) is 2.46. The van der Waals surface area contributed by atoms with E-state index in [0.717, 1.165) is 6.21 Å². The first-order valence-electron chi connectivity index (χ1n) is 1.03. The number of rotatable bonds is 1. The third kappa shape index (κ3) is 3.14. The Labute approximate surface area is 28.9 Å². The lowest BCUT2D eigenvalue weighted by atomic mass is 10.9. The molecule has 0 aromatic carbocycles. The van der Waals surface area contributed by atoms with Gasteiger partial charge in [-0.25, -0.2) is 0 Å². The van der Waals surface area contributed by atoms with Gasteiger partial charge in [-0.1, -0.05) is 5.16 Å². The maximum Gasteiger partial charge on any atom is 0.164 e. The topological polar surface area (TPSA) is 49.7 Å². The summed E-state index contributed by atoms with van der Waals surface area (Å²) in [5, 5.41) is 9.77. The molecule has 0 saturated heterocycles. The van der Waals surface area contributed by atoms with Gasteiger partial charge in [-0.05, 0) is 0 Å². The quantitative estimate of drug-likeness (QED) is 0.199. The van der Waals surface area contributed by atoms with E-state index in [1.54, 1.807) is 0 Å². The molecule has 0 radical (unpaired) electrons. The molecule has 3 heteroatoms. The van der Waals surface area contributed by atoms with Gasteiger partial charge in [0, 0.05) is 0 Å². The Hall–Kier alpha value is -0.860. The molecule has 0 bridgehead atoms. The zero-order valence-electron chi connectivity index (χ0n) is 2.46. The van der Waals surface area contributed by atoms with E-state index in [4.69, 9.17) is 10.0 Å². The van der Waals surface area contributed by atoms with E-state index in [0.29, 0.717) is 6.29 Å². The fourth-order valence-electron chi connectivity index (χ4n) is 0.0272. The van der Waals surface area contributed by atoms with Gasteiger partial charge in [0.15, 0.2) is 6.29 Å². The third-order valence-corrected chi connectivity index (χ3v) is 0.128. The van der Waals surface area contributed by atoms with Crippen LogP contribution in [-0.4, -0.2) is 17.7 Å². The van der Waals surface area contributed by atoms with Crippen molar-refractivity contribution in [1.29, 1.82) is 0 Å². The summed E-state index contributed by atoms with van der Waals surface area (Å²) in [5.41, 5.74) is 0. The van der Waals surface area contributed by atoms with Crippen LogP contribution in [-0.2, 0) is 4.79 Å². The summed E-state index contributed by atoms with van der Waals surface area (Å²) in [6, 6.07) is 0. The van der Waals surface area contributed by atoms with Gasteiger partial charge >= 0.3 is 0 Å². The molecule has 0 fully saturated rings. The average Bonchev–Trinajstić information content (AvgIpc) is 1.41. The number of aldehydes is 1. The van der Waals surface area contributed by atoms with Gasteiger partial charge in [0.1, 0.15) is 6.21 Å². The van der Waals surface area contributed by atoms with E-state index in [1.807, 2.05) is 0 Å². The Morgan fingerprint density at radius 2 is 2.40 bits per heavy atom. The largest absolute Gasteiger partial charge is 0.411 e. The highest BCUT2D eigenvalue weighted by Gasteiger charge is 1.51. The normalized spacial score (nSPS) is 8.80. The molecule has 0 aliphatic rings. The summed E-state index contributed by atoms with van der Waals surface area (Å²) >= 11 is 0. The predicted octanol–water partition coefficient (Wildman–Crippen LogP) is -0.355. The number of nitrogens with zero attached hydrogens (tertiary/aromatic N) is 1. The van der Waals surface area contributed by atoms with E-state index in [9.17, 15) is 0 Å². The minimum atomic E-state index is 0.389. The van der Waals surface area contributed by atoms with Gasteiger partial charge < -0.3 is 5.21 Å². The molecule has 1 N–H and O–H groups in total. The van der Waals surface area contributed by atoms with Crippen molar-refractivity contribution in [2.45, 2.75) is 0 Å². The molecule has 0 aliphatic heterocycles. The number of oxime groups is 1. The van der Waals surface area contributed by atoms with Crippen molar-refractivity contribution >= 4 is 12.5 Å².